The third-order valence-electron chi connectivity index (χ3n) is 4.33. The van der Waals surface area contributed by atoms with Gasteiger partial charge < -0.3 is 10.5 Å². The van der Waals surface area contributed by atoms with Crippen LogP contribution in [0.15, 0.2) is 52.7 Å². The summed E-state index contributed by atoms with van der Waals surface area (Å²) < 4.78 is 12.5. The van der Waals surface area contributed by atoms with E-state index in [2.05, 4.69) is 25.3 Å². The maximum absolute atomic E-state index is 5.90. The Morgan fingerprint density at radius 1 is 1.14 bits per heavy atom. The van der Waals surface area contributed by atoms with E-state index in [0.717, 1.165) is 27.7 Å². The third-order valence-corrected chi connectivity index (χ3v) is 5.15. The van der Waals surface area contributed by atoms with E-state index in [0.29, 0.717) is 23.6 Å². The molecule has 0 saturated heterocycles. The number of nitrogens with two attached hydrogens (primary N) is 1. The van der Waals surface area contributed by atoms with Gasteiger partial charge in [0.25, 0.3) is 0 Å². The molecule has 0 spiro atoms. The molecule has 0 unspecified atom stereocenters. The van der Waals surface area contributed by atoms with Crippen LogP contribution in [-0.2, 0) is 6.61 Å². The monoisotopic (exact) mass is 405 g/mol. The predicted octanol–water partition coefficient (Wildman–Crippen LogP) is 3.40. The lowest BCUT2D eigenvalue weighted by Crippen LogP contribution is -2.00. The molecule has 4 heterocycles. The van der Waals surface area contributed by atoms with Crippen LogP contribution in [0.3, 0.4) is 0 Å². The summed E-state index contributed by atoms with van der Waals surface area (Å²) in [5.74, 6) is 1.45. The molecule has 2 N–H and O–H groups in total. The highest BCUT2D eigenvalue weighted by Crippen LogP contribution is 2.30. The van der Waals surface area contributed by atoms with Crippen LogP contribution in [0, 0.1) is 6.92 Å². The van der Waals surface area contributed by atoms with Crippen LogP contribution in [0.2, 0.25) is 0 Å². The average molecular weight is 405 g/mol. The number of pyridine rings is 1. The highest BCUT2D eigenvalue weighted by atomic mass is 32.1. The van der Waals surface area contributed by atoms with Gasteiger partial charge in [-0.15, -0.1) is 11.3 Å². The minimum atomic E-state index is 0.174. The number of nitrogens with zero attached hydrogens (tertiary/aromatic N) is 6. The molecule has 0 saturated carbocycles. The number of aryl methyl sites for hydroxylation is 1. The SMILES string of the molecule is Cc1nc(COc2ccc(-n3c(-c4nonc4N)nc4cnccc43)cc2)cs1. The maximum atomic E-state index is 5.90. The fourth-order valence-corrected chi connectivity index (χ4v) is 3.62. The molecule has 29 heavy (non-hydrogen) atoms. The Morgan fingerprint density at radius 3 is 2.72 bits per heavy atom. The Morgan fingerprint density at radius 2 is 2.00 bits per heavy atom. The number of hydrogen-bond acceptors (Lipinski definition) is 9. The van der Waals surface area contributed by atoms with Crippen molar-refractivity contribution < 1.29 is 9.37 Å². The van der Waals surface area contributed by atoms with Crippen LogP contribution < -0.4 is 10.5 Å². The Kier molecular flexibility index (Phi) is 4.17. The molecule has 144 valence electrons. The summed E-state index contributed by atoms with van der Waals surface area (Å²) >= 11 is 1.61. The third kappa shape index (κ3) is 3.19. The standard InChI is InChI=1S/C19H15N7O2S/c1-11-22-12(10-29-11)9-27-14-4-2-13(3-5-14)26-16-6-7-21-8-15(16)23-19(26)17-18(20)25-28-24-17/h2-8,10H,9H2,1H3,(H2,20,25). The van der Waals surface area contributed by atoms with Gasteiger partial charge >= 0.3 is 0 Å². The van der Waals surface area contributed by atoms with Crippen LogP contribution in [0.4, 0.5) is 5.82 Å². The van der Waals surface area contributed by atoms with E-state index in [-0.39, 0.29) is 5.82 Å². The molecule has 1 aromatic carbocycles. The van der Waals surface area contributed by atoms with Crippen molar-refractivity contribution in [2.75, 3.05) is 5.73 Å². The summed E-state index contributed by atoms with van der Waals surface area (Å²) in [4.78, 5) is 13.2. The summed E-state index contributed by atoms with van der Waals surface area (Å²) in [5, 5.41) is 10.6. The number of fused-ring (bicyclic) bond motifs is 1. The maximum Gasteiger partial charge on any atom is 0.199 e. The first-order valence-corrected chi connectivity index (χ1v) is 9.62. The summed E-state index contributed by atoms with van der Waals surface area (Å²) in [6.45, 7) is 2.40. The smallest absolute Gasteiger partial charge is 0.199 e. The topological polar surface area (TPSA) is 118 Å². The summed E-state index contributed by atoms with van der Waals surface area (Å²) in [5.41, 5.74) is 9.64. The lowest BCUT2D eigenvalue weighted by molar-refractivity contribution is 0.302. The molecule has 0 amide bonds. The van der Waals surface area contributed by atoms with Crippen LogP contribution in [0.5, 0.6) is 5.75 Å². The summed E-state index contributed by atoms with van der Waals surface area (Å²) in [6.07, 6.45) is 3.40. The minimum absolute atomic E-state index is 0.174. The molecule has 0 aliphatic rings. The zero-order valence-corrected chi connectivity index (χ0v) is 16.1. The van der Waals surface area contributed by atoms with Crippen LogP contribution in [0.25, 0.3) is 28.2 Å². The van der Waals surface area contributed by atoms with Crippen molar-refractivity contribution in [2.45, 2.75) is 13.5 Å². The first kappa shape index (κ1) is 17.3. The number of rotatable bonds is 5. The molecule has 5 rings (SSSR count). The fourth-order valence-electron chi connectivity index (χ4n) is 3.03. The van der Waals surface area contributed by atoms with Gasteiger partial charge in [0.1, 0.15) is 17.9 Å². The zero-order valence-electron chi connectivity index (χ0n) is 15.3. The highest BCUT2D eigenvalue weighted by molar-refractivity contribution is 7.09. The van der Waals surface area contributed by atoms with Crippen molar-refractivity contribution in [3.63, 3.8) is 0 Å². The average Bonchev–Trinajstić information content (AvgIpc) is 3.44. The van der Waals surface area contributed by atoms with Gasteiger partial charge in [0.2, 0.25) is 0 Å². The predicted molar refractivity (Wildman–Crippen MR) is 108 cm³/mol. The fraction of sp³-hybridized carbons (Fsp3) is 0.105. The normalized spacial score (nSPS) is 11.2. The van der Waals surface area contributed by atoms with E-state index in [1.54, 1.807) is 23.7 Å². The number of ether oxygens (including phenoxy) is 1. The molecular weight excluding hydrogens is 390 g/mol. The molecular formula is C19H15N7O2S. The number of nitrogen functional groups attached to an aromatic ring is 1. The Labute approximate surface area is 168 Å². The molecule has 0 bridgehead atoms. The van der Waals surface area contributed by atoms with Crippen molar-refractivity contribution in [1.82, 2.24) is 29.8 Å². The van der Waals surface area contributed by atoms with Gasteiger partial charge in [-0.2, -0.15) is 0 Å². The van der Waals surface area contributed by atoms with Gasteiger partial charge in [0.05, 0.1) is 22.4 Å². The highest BCUT2D eigenvalue weighted by Gasteiger charge is 2.20. The number of aromatic nitrogens is 6. The number of thiazole rings is 1. The van der Waals surface area contributed by atoms with E-state index in [1.807, 2.05) is 47.2 Å². The van der Waals surface area contributed by atoms with Crippen molar-refractivity contribution in [2.24, 2.45) is 0 Å². The minimum Gasteiger partial charge on any atom is -0.487 e. The first-order valence-electron chi connectivity index (χ1n) is 8.74. The molecule has 0 radical (unpaired) electrons. The number of imidazole rings is 1. The van der Waals surface area contributed by atoms with E-state index < -0.39 is 0 Å². The second-order valence-electron chi connectivity index (χ2n) is 6.27. The van der Waals surface area contributed by atoms with E-state index in [9.17, 15) is 0 Å². The molecule has 10 heteroatoms. The van der Waals surface area contributed by atoms with Crippen LogP contribution >= 0.6 is 11.3 Å². The number of anilines is 1. The largest absolute Gasteiger partial charge is 0.487 e. The van der Waals surface area contributed by atoms with E-state index in [1.165, 1.54) is 0 Å². The van der Waals surface area contributed by atoms with Gasteiger partial charge in [0, 0.05) is 17.3 Å². The van der Waals surface area contributed by atoms with E-state index in [4.69, 9.17) is 15.1 Å². The van der Waals surface area contributed by atoms with Crippen LogP contribution in [-0.4, -0.2) is 29.8 Å². The van der Waals surface area contributed by atoms with Crippen molar-refractivity contribution in [3.8, 4) is 23.0 Å². The lowest BCUT2D eigenvalue weighted by Gasteiger charge is -2.10. The van der Waals surface area contributed by atoms with Crippen molar-refractivity contribution in [3.05, 3.63) is 58.8 Å². The van der Waals surface area contributed by atoms with Gasteiger partial charge in [-0.05, 0) is 47.6 Å². The second-order valence-corrected chi connectivity index (χ2v) is 7.34. The Hall–Kier alpha value is -3.79. The molecule has 0 aliphatic heterocycles. The molecule has 9 nitrogen and oxygen atoms in total. The van der Waals surface area contributed by atoms with Gasteiger partial charge in [0.15, 0.2) is 17.3 Å². The van der Waals surface area contributed by atoms with E-state index >= 15 is 0 Å². The molecule has 5 aromatic rings. The van der Waals surface area contributed by atoms with Gasteiger partial charge in [-0.3, -0.25) is 9.55 Å². The molecule has 4 aromatic heterocycles. The van der Waals surface area contributed by atoms with Gasteiger partial charge in [-0.1, -0.05) is 0 Å². The quantitative estimate of drug-likeness (QED) is 0.473. The van der Waals surface area contributed by atoms with Crippen molar-refractivity contribution >= 4 is 28.2 Å². The zero-order chi connectivity index (χ0) is 19.8. The summed E-state index contributed by atoms with van der Waals surface area (Å²) in [6, 6.07) is 9.56. The molecule has 0 fully saturated rings. The molecule has 0 aliphatic carbocycles. The lowest BCUT2D eigenvalue weighted by atomic mass is 10.2. The van der Waals surface area contributed by atoms with Crippen LogP contribution in [0.1, 0.15) is 10.7 Å². The Bertz CT molecular complexity index is 1290. The molecule has 0 atom stereocenters. The first-order chi connectivity index (χ1) is 14.2. The van der Waals surface area contributed by atoms with Gasteiger partial charge in [-0.25, -0.2) is 14.6 Å². The van der Waals surface area contributed by atoms with Crippen molar-refractivity contribution in [1.29, 1.82) is 0 Å². The second kappa shape index (κ2) is 6.99. The summed E-state index contributed by atoms with van der Waals surface area (Å²) in [7, 11) is 0. The Balaban J connectivity index is 1.51. The number of hydrogen-bond donors (Lipinski definition) is 1. The number of benzene rings is 1.